The molecule has 1 N–H and O–H groups in total. The van der Waals surface area contributed by atoms with Gasteiger partial charge in [-0.1, -0.05) is 25.1 Å². The number of fused-ring (bicyclic) bond motifs is 1. The zero-order chi connectivity index (χ0) is 20.4. The highest BCUT2D eigenvalue weighted by molar-refractivity contribution is 5.89. The summed E-state index contributed by atoms with van der Waals surface area (Å²) in [4.78, 5) is 8.60. The zero-order valence-electron chi connectivity index (χ0n) is 15.3. The fourth-order valence-corrected chi connectivity index (χ4v) is 3.01. The van der Waals surface area contributed by atoms with E-state index in [0.717, 1.165) is 17.7 Å². The Labute approximate surface area is 164 Å². The van der Waals surface area contributed by atoms with Crippen LogP contribution in [0.4, 0.5) is 24.7 Å². The summed E-state index contributed by atoms with van der Waals surface area (Å²) in [5, 5.41) is 8.24. The molecule has 0 aliphatic carbocycles. The summed E-state index contributed by atoms with van der Waals surface area (Å²) in [6.45, 7) is 2.07. The Hall–Kier alpha value is -3.62. The van der Waals surface area contributed by atoms with Crippen LogP contribution in [0.25, 0.3) is 16.7 Å². The van der Waals surface area contributed by atoms with Crippen molar-refractivity contribution < 1.29 is 17.9 Å². The molecule has 0 fully saturated rings. The van der Waals surface area contributed by atoms with Gasteiger partial charge in [0.05, 0.1) is 17.3 Å². The molecule has 148 valence electrons. The molecule has 29 heavy (non-hydrogen) atoms. The Morgan fingerprint density at radius 3 is 2.52 bits per heavy atom. The molecule has 2 heterocycles. The first-order valence-corrected chi connectivity index (χ1v) is 8.84. The summed E-state index contributed by atoms with van der Waals surface area (Å²) < 4.78 is 42.5. The summed E-state index contributed by atoms with van der Waals surface area (Å²) in [5.74, 6) is 0.208. The molecule has 0 aliphatic heterocycles. The van der Waals surface area contributed by atoms with Gasteiger partial charge in [0.1, 0.15) is 17.9 Å². The van der Waals surface area contributed by atoms with Crippen LogP contribution in [-0.2, 0) is 6.42 Å². The van der Waals surface area contributed by atoms with E-state index < -0.39 is 6.36 Å². The van der Waals surface area contributed by atoms with Crippen molar-refractivity contribution in [1.29, 1.82) is 0 Å². The first-order valence-electron chi connectivity index (χ1n) is 8.84. The summed E-state index contributed by atoms with van der Waals surface area (Å²) in [5.41, 5.74) is 3.25. The summed E-state index contributed by atoms with van der Waals surface area (Å²) in [6.07, 6.45) is -0.805. The van der Waals surface area contributed by atoms with Crippen molar-refractivity contribution in [2.24, 2.45) is 0 Å². The molecule has 0 bridgehead atoms. The number of halogens is 3. The van der Waals surface area contributed by atoms with Gasteiger partial charge in [-0.3, -0.25) is 0 Å². The average molecular weight is 399 g/mol. The molecule has 2 aromatic heterocycles. The van der Waals surface area contributed by atoms with E-state index in [2.05, 4.69) is 32.0 Å². The number of hydrogen-bond acceptors (Lipinski definition) is 5. The Morgan fingerprint density at radius 1 is 1.03 bits per heavy atom. The number of anilines is 2. The van der Waals surface area contributed by atoms with E-state index in [4.69, 9.17) is 0 Å². The Morgan fingerprint density at radius 2 is 1.79 bits per heavy atom. The lowest BCUT2D eigenvalue weighted by atomic mass is 10.1. The van der Waals surface area contributed by atoms with Crippen LogP contribution in [0, 0.1) is 0 Å². The van der Waals surface area contributed by atoms with Crippen molar-refractivity contribution in [1.82, 2.24) is 19.7 Å². The second-order valence-corrected chi connectivity index (χ2v) is 6.20. The van der Waals surface area contributed by atoms with Gasteiger partial charge in [-0.15, -0.1) is 13.2 Å². The molecular formula is C20H16F3N5O. The highest BCUT2D eigenvalue weighted by atomic mass is 19.4. The number of ether oxygens (including phenoxy) is 1. The van der Waals surface area contributed by atoms with E-state index in [1.807, 2.05) is 24.3 Å². The molecule has 0 radical (unpaired) electrons. The lowest BCUT2D eigenvalue weighted by Crippen LogP contribution is -2.16. The third kappa shape index (κ3) is 3.98. The number of aryl methyl sites for hydroxylation is 1. The third-order valence-electron chi connectivity index (χ3n) is 4.32. The van der Waals surface area contributed by atoms with Crippen LogP contribution in [0.2, 0.25) is 0 Å². The van der Waals surface area contributed by atoms with Crippen LogP contribution < -0.4 is 10.1 Å². The van der Waals surface area contributed by atoms with E-state index in [1.54, 1.807) is 10.9 Å². The molecule has 0 saturated carbocycles. The van der Waals surface area contributed by atoms with Gasteiger partial charge in [-0.2, -0.15) is 5.10 Å². The average Bonchev–Trinajstić information content (AvgIpc) is 3.13. The number of nitrogens with one attached hydrogen (secondary N) is 1. The standard InChI is InChI=1S/C20H16F3N5O/c1-2-13-5-3-4-6-17(13)28-19-16(11-26-28)18(24-12-25-19)27-14-7-9-15(10-8-14)29-20(21,22)23/h3-12H,2H2,1H3,(H,24,25,27). The minimum Gasteiger partial charge on any atom is -0.406 e. The Kier molecular flexibility index (Phi) is 4.79. The number of aromatic nitrogens is 4. The minimum atomic E-state index is -4.73. The molecule has 0 saturated heterocycles. The topological polar surface area (TPSA) is 64.9 Å². The molecule has 9 heteroatoms. The molecule has 4 aromatic rings. The van der Waals surface area contributed by atoms with Gasteiger partial charge < -0.3 is 10.1 Å². The number of para-hydroxylation sites is 1. The summed E-state index contributed by atoms with van der Waals surface area (Å²) in [7, 11) is 0. The van der Waals surface area contributed by atoms with Gasteiger partial charge in [-0.05, 0) is 42.3 Å². The molecule has 0 amide bonds. The SMILES string of the molecule is CCc1ccccc1-n1ncc2c(Nc3ccc(OC(F)(F)F)cc3)ncnc21. The predicted octanol–water partition coefficient (Wildman–Crippen LogP) is 5.02. The molecule has 0 unspecified atom stereocenters. The van der Waals surface area contributed by atoms with E-state index in [0.29, 0.717) is 22.5 Å². The van der Waals surface area contributed by atoms with Crippen LogP contribution in [0.3, 0.4) is 0 Å². The highest BCUT2D eigenvalue weighted by Gasteiger charge is 2.30. The molecule has 0 atom stereocenters. The number of rotatable bonds is 5. The lowest BCUT2D eigenvalue weighted by molar-refractivity contribution is -0.274. The van der Waals surface area contributed by atoms with E-state index in [-0.39, 0.29) is 5.75 Å². The fourth-order valence-electron chi connectivity index (χ4n) is 3.01. The molecule has 4 rings (SSSR count). The lowest BCUT2D eigenvalue weighted by Gasteiger charge is -2.11. The molecule has 2 aromatic carbocycles. The van der Waals surface area contributed by atoms with Gasteiger partial charge >= 0.3 is 6.36 Å². The summed E-state index contributed by atoms with van der Waals surface area (Å²) >= 11 is 0. The first kappa shape index (κ1) is 18.7. The van der Waals surface area contributed by atoms with E-state index >= 15 is 0 Å². The monoisotopic (exact) mass is 399 g/mol. The van der Waals surface area contributed by atoms with Gasteiger partial charge in [0.15, 0.2) is 5.65 Å². The maximum Gasteiger partial charge on any atom is 0.573 e. The molecule has 0 spiro atoms. The van der Waals surface area contributed by atoms with Gasteiger partial charge in [0, 0.05) is 5.69 Å². The van der Waals surface area contributed by atoms with Crippen molar-refractivity contribution in [3.8, 4) is 11.4 Å². The third-order valence-corrected chi connectivity index (χ3v) is 4.32. The predicted molar refractivity (Wildman–Crippen MR) is 102 cm³/mol. The zero-order valence-corrected chi connectivity index (χ0v) is 15.3. The highest BCUT2D eigenvalue weighted by Crippen LogP contribution is 2.28. The number of alkyl halides is 3. The van der Waals surface area contributed by atoms with Crippen LogP contribution >= 0.6 is 0 Å². The van der Waals surface area contributed by atoms with Gasteiger partial charge in [0.2, 0.25) is 0 Å². The smallest absolute Gasteiger partial charge is 0.406 e. The number of benzene rings is 2. The minimum absolute atomic E-state index is 0.292. The van der Waals surface area contributed by atoms with Crippen molar-refractivity contribution in [3.05, 3.63) is 66.6 Å². The Bertz CT molecular complexity index is 1140. The van der Waals surface area contributed by atoms with Crippen LogP contribution in [-0.4, -0.2) is 26.1 Å². The largest absolute Gasteiger partial charge is 0.573 e. The second-order valence-electron chi connectivity index (χ2n) is 6.20. The van der Waals surface area contributed by atoms with Gasteiger partial charge in [-0.25, -0.2) is 14.6 Å². The molecule has 6 nitrogen and oxygen atoms in total. The van der Waals surface area contributed by atoms with Gasteiger partial charge in [0.25, 0.3) is 0 Å². The van der Waals surface area contributed by atoms with Crippen molar-refractivity contribution >= 4 is 22.5 Å². The number of hydrogen-bond donors (Lipinski definition) is 1. The van der Waals surface area contributed by atoms with Crippen LogP contribution in [0.5, 0.6) is 5.75 Å². The van der Waals surface area contributed by atoms with Crippen LogP contribution in [0.1, 0.15) is 12.5 Å². The van der Waals surface area contributed by atoms with Crippen LogP contribution in [0.15, 0.2) is 61.1 Å². The quantitative estimate of drug-likeness (QED) is 0.511. The van der Waals surface area contributed by atoms with E-state index in [1.165, 1.54) is 30.6 Å². The van der Waals surface area contributed by atoms with Crippen molar-refractivity contribution in [2.75, 3.05) is 5.32 Å². The fraction of sp³-hybridized carbons (Fsp3) is 0.150. The maximum atomic E-state index is 12.3. The summed E-state index contributed by atoms with van der Waals surface area (Å²) in [6, 6.07) is 13.3. The normalized spacial score (nSPS) is 11.6. The Balaban J connectivity index is 1.65. The maximum absolute atomic E-state index is 12.3. The molecular weight excluding hydrogens is 383 g/mol. The van der Waals surface area contributed by atoms with Crippen molar-refractivity contribution in [3.63, 3.8) is 0 Å². The number of nitrogens with zero attached hydrogens (tertiary/aromatic N) is 4. The van der Waals surface area contributed by atoms with Crippen molar-refractivity contribution in [2.45, 2.75) is 19.7 Å². The first-order chi connectivity index (χ1) is 13.9. The van der Waals surface area contributed by atoms with E-state index in [9.17, 15) is 13.2 Å². The second kappa shape index (κ2) is 7.42. The molecule has 0 aliphatic rings.